The highest BCUT2D eigenvalue weighted by Gasteiger charge is 2.16. The predicted octanol–water partition coefficient (Wildman–Crippen LogP) is 3.82. The number of halogens is 1. The van der Waals surface area contributed by atoms with Crippen molar-refractivity contribution in [2.75, 3.05) is 44.0 Å². The fourth-order valence-electron chi connectivity index (χ4n) is 3.30. The molecule has 0 amide bonds. The van der Waals surface area contributed by atoms with Crippen LogP contribution in [-0.4, -0.2) is 50.0 Å². The topological polar surface area (TPSA) is 61.8 Å². The molecule has 0 atom stereocenters. The molecule has 1 aromatic carbocycles. The molecule has 3 rings (SSSR count). The van der Waals surface area contributed by atoms with Crippen molar-refractivity contribution in [1.29, 1.82) is 0 Å². The minimum Gasteiger partial charge on any atom is -0.378 e. The fraction of sp³-hybridized carbons (Fsp3) is 0.455. The Balaban J connectivity index is 0.00000320. The van der Waals surface area contributed by atoms with Crippen LogP contribution in [-0.2, 0) is 17.8 Å². The monoisotopic (exact) mass is 541 g/mol. The maximum atomic E-state index is 5.48. The lowest BCUT2D eigenvalue weighted by Gasteiger charge is -2.29. The predicted molar refractivity (Wildman–Crippen MR) is 137 cm³/mol. The van der Waals surface area contributed by atoms with Crippen molar-refractivity contribution >= 4 is 47.5 Å². The Hall–Kier alpha value is -1.52. The van der Waals surface area contributed by atoms with Gasteiger partial charge in [-0.25, -0.2) is 9.98 Å². The normalized spacial score (nSPS) is 14.2. The number of anilines is 1. The third kappa shape index (κ3) is 7.02. The average Bonchev–Trinajstić information content (AvgIpc) is 2.77. The summed E-state index contributed by atoms with van der Waals surface area (Å²) in [6.45, 7) is 9.61. The van der Waals surface area contributed by atoms with Gasteiger partial charge < -0.3 is 20.3 Å². The van der Waals surface area contributed by atoms with Crippen molar-refractivity contribution in [3.8, 4) is 0 Å². The van der Waals surface area contributed by atoms with E-state index in [1.165, 1.54) is 21.6 Å². The molecule has 1 aliphatic heterocycles. The summed E-state index contributed by atoms with van der Waals surface area (Å²) in [5.41, 5.74) is 3.69. The number of pyridine rings is 1. The first kappa shape index (κ1) is 24.7. The minimum atomic E-state index is 0. The van der Waals surface area contributed by atoms with Crippen LogP contribution < -0.4 is 15.5 Å². The van der Waals surface area contributed by atoms with Gasteiger partial charge in [0.05, 0.1) is 19.8 Å². The number of thioether (sulfide) groups is 1. The first-order chi connectivity index (χ1) is 14.2. The first-order valence-corrected chi connectivity index (χ1v) is 11.4. The van der Waals surface area contributed by atoms with Gasteiger partial charge in [0.25, 0.3) is 0 Å². The first-order valence-electron chi connectivity index (χ1n) is 10.1. The highest BCUT2D eigenvalue weighted by Crippen LogP contribution is 2.22. The van der Waals surface area contributed by atoms with E-state index in [1.54, 1.807) is 11.8 Å². The van der Waals surface area contributed by atoms with Gasteiger partial charge in [-0.3, -0.25) is 0 Å². The van der Waals surface area contributed by atoms with E-state index in [4.69, 9.17) is 9.73 Å². The number of aliphatic imine (C=N–C) groups is 1. The van der Waals surface area contributed by atoms with E-state index in [1.807, 2.05) is 12.3 Å². The van der Waals surface area contributed by atoms with Gasteiger partial charge in [-0.1, -0.05) is 18.2 Å². The number of hydrogen-bond acceptors (Lipinski definition) is 5. The van der Waals surface area contributed by atoms with Crippen LogP contribution in [0.4, 0.5) is 5.82 Å². The number of guanidine groups is 1. The molecule has 1 fully saturated rings. The van der Waals surface area contributed by atoms with Crippen molar-refractivity contribution in [3.63, 3.8) is 0 Å². The lowest BCUT2D eigenvalue weighted by Crippen LogP contribution is -2.39. The quantitative estimate of drug-likeness (QED) is 0.241. The SMILES string of the molecule is CCNC(=NCc1ccc(C)cc1SC)NCc1cccnc1N1CCOCC1.I. The Labute approximate surface area is 201 Å². The number of aromatic nitrogens is 1. The van der Waals surface area contributed by atoms with Crippen molar-refractivity contribution in [3.05, 3.63) is 53.2 Å². The zero-order valence-corrected chi connectivity index (χ0v) is 21.1. The van der Waals surface area contributed by atoms with Crippen LogP contribution in [0.25, 0.3) is 0 Å². The molecule has 8 heteroatoms. The van der Waals surface area contributed by atoms with E-state index in [9.17, 15) is 0 Å². The number of ether oxygens (including phenoxy) is 1. The third-order valence-electron chi connectivity index (χ3n) is 4.82. The molecular weight excluding hydrogens is 509 g/mol. The summed E-state index contributed by atoms with van der Waals surface area (Å²) in [4.78, 5) is 13.0. The van der Waals surface area contributed by atoms with Gasteiger partial charge in [0.15, 0.2) is 5.96 Å². The molecular formula is C22H32IN5OS. The van der Waals surface area contributed by atoms with Gasteiger partial charge in [-0.15, -0.1) is 35.7 Å². The Morgan fingerprint density at radius 1 is 1.20 bits per heavy atom. The highest BCUT2D eigenvalue weighted by atomic mass is 127. The van der Waals surface area contributed by atoms with E-state index in [2.05, 4.69) is 64.9 Å². The van der Waals surface area contributed by atoms with Crippen LogP contribution in [0.15, 0.2) is 46.4 Å². The fourth-order valence-corrected chi connectivity index (χ4v) is 3.99. The third-order valence-corrected chi connectivity index (χ3v) is 5.64. The molecule has 0 saturated carbocycles. The van der Waals surface area contributed by atoms with Crippen molar-refractivity contribution in [2.24, 2.45) is 4.99 Å². The van der Waals surface area contributed by atoms with Crippen molar-refractivity contribution < 1.29 is 4.74 Å². The second-order valence-corrected chi connectivity index (χ2v) is 7.80. The average molecular weight is 542 g/mol. The van der Waals surface area contributed by atoms with E-state index >= 15 is 0 Å². The second kappa shape index (κ2) is 13.0. The second-order valence-electron chi connectivity index (χ2n) is 6.95. The van der Waals surface area contributed by atoms with E-state index < -0.39 is 0 Å². The van der Waals surface area contributed by atoms with Crippen LogP contribution in [0.5, 0.6) is 0 Å². The zero-order valence-electron chi connectivity index (χ0n) is 18.0. The van der Waals surface area contributed by atoms with Gasteiger partial charge in [0.2, 0.25) is 0 Å². The van der Waals surface area contributed by atoms with E-state index in [-0.39, 0.29) is 24.0 Å². The highest BCUT2D eigenvalue weighted by molar-refractivity contribution is 14.0. The van der Waals surface area contributed by atoms with Gasteiger partial charge in [0.1, 0.15) is 5.82 Å². The zero-order chi connectivity index (χ0) is 20.5. The lowest BCUT2D eigenvalue weighted by molar-refractivity contribution is 0.122. The summed E-state index contributed by atoms with van der Waals surface area (Å²) in [5, 5.41) is 6.82. The summed E-state index contributed by atoms with van der Waals surface area (Å²) < 4.78 is 5.48. The summed E-state index contributed by atoms with van der Waals surface area (Å²) in [6.07, 6.45) is 3.97. The van der Waals surface area contributed by atoms with E-state index in [0.29, 0.717) is 13.1 Å². The molecule has 0 bridgehead atoms. The Morgan fingerprint density at radius 3 is 2.73 bits per heavy atom. The Bertz CT molecular complexity index is 827. The van der Waals surface area contributed by atoms with E-state index in [0.717, 1.165) is 44.6 Å². The lowest BCUT2D eigenvalue weighted by atomic mass is 10.1. The molecule has 164 valence electrons. The molecule has 2 aromatic rings. The molecule has 1 aromatic heterocycles. The van der Waals surface area contributed by atoms with Crippen molar-refractivity contribution in [1.82, 2.24) is 15.6 Å². The van der Waals surface area contributed by atoms with Gasteiger partial charge in [-0.05, 0) is 43.4 Å². The molecule has 1 saturated heterocycles. The maximum absolute atomic E-state index is 5.48. The number of hydrogen-bond donors (Lipinski definition) is 2. The van der Waals surface area contributed by atoms with Crippen LogP contribution in [0.3, 0.4) is 0 Å². The van der Waals surface area contributed by atoms with Gasteiger partial charge >= 0.3 is 0 Å². The number of rotatable bonds is 7. The number of nitrogens with zero attached hydrogens (tertiary/aromatic N) is 3. The smallest absolute Gasteiger partial charge is 0.191 e. The standard InChI is InChI=1S/C22H31N5OS.HI/c1-4-23-22(25-15-18-8-7-17(2)14-20(18)29-3)26-16-19-6-5-9-24-21(19)27-10-12-28-13-11-27;/h5-9,14H,4,10-13,15-16H2,1-3H3,(H2,23,25,26);1H. The van der Waals surface area contributed by atoms with Crippen molar-refractivity contribution in [2.45, 2.75) is 31.8 Å². The molecule has 1 aliphatic rings. The van der Waals surface area contributed by atoms with Crippen LogP contribution in [0, 0.1) is 6.92 Å². The van der Waals surface area contributed by atoms with Gasteiger partial charge in [0, 0.05) is 42.8 Å². The number of morpholine rings is 1. The Kier molecular flexibility index (Phi) is 10.7. The molecule has 2 N–H and O–H groups in total. The number of benzene rings is 1. The summed E-state index contributed by atoms with van der Waals surface area (Å²) >= 11 is 1.77. The van der Waals surface area contributed by atoms with Crippen LogP contribution in [0.2, 0.25) is 0 Å². The summed E-state index contributed by atoms with van der Waals surface area (Å²) in [5.74, 6) is 1.85. The molecule has 0 unspecified atom stereocenters. The number of nitrogens with one attached hydrogen (secondary N) is 2. The molecule has 6 nitrogen and oxygen atoms in total. The molecule has 0 radical (unpaired) electrons. The molecule has 0 spiro atoms. The maximum Gasteiger partial charge on any atom is 0.191 e. The molecule has 30 heavy (non-hydrogen) atoms. The van der Waals surface area contributed by atoms with Gasteiger partial charge in [-0.2, -0.15) is 0 Å². The van der Waals surface area contributed by atoms with Crippen LogP contribution >= 0.6 is 35.7 Å². The summed E-state index contributed by atoms with van der Waals surface area (Å²) in [6, 6.07) is 10.7. The number of aryl methyl sites for hydroxylation is 1. The Morgan fingerprint density at radius 2 is 2.00 bits per heavy atom. The minimum absolute atomic E-state index is 0. The summed E-state index contributed by atoms with van der Waals surface area (Å²) in [7, 11) is 0. The molecule has 2 heterocycles. The largest absolute Gasteiger partial charge is 0.378 e. The van der Waals surface area contributed by atoms with Crippen LogP contribution in [0.1, 0.15) is 23.6 Å². The molecule has 0 aliphatic carbocycles.